The van der Waals surface area contributed by atoms with Gasteiger partial charge < -0.3 is 29.7 Å². The van der Waals surface area contributed by atoms with Crippen LogP contribution in [0, 0.1) is 12.8 Å². The summed E-state index contributed by atoms with van der Waals surface area (Å²) in [5.74, 6) is 0.209. The molecule has 1 aromatic rings. The molecule has 0 saturated carbocycles. The first-order chi connectivity index (χ1) is 20.2. The molecule has 232 valence electrons. The molecule has 9 nitrogen and oxygen atoms in total. The highest BCUT2D eigenvalue weighted by molar-refractivity contribution is 5.94. The van der Waals surface area contributed by atoms with Gasteiger partial charge in [-0.3, -0.25) is 4.79 Å². The molecule has 3 fully saturated rings. The average Bonchev–Trinajstić information content (AvgIpc) is 2.98. The zero-order chi connectivity index (χ0) is 29.7. The Morgan fingerprint density at radius 3 is 2.69 bits per heavy atom. The number of rotatable bonds is 8. The number of halogens is 4. The van der Waals surface area contributed by atoms with E-state index in [1.807, 2.05) is 6.92 Å². The zero-order valence-corrected chi connectivity index (χ0v) is 23.7. The maximum absolute atomic E-state index is 14.1. The lowest BCUT2D eigenvalue weighted by atomic mass is 9.88. The SMILES string of the molecule is Cc1c(NC[C@H]2CCC[C@@H](C3C=CC(OC(F)(F)F)=CC3)O2)ncnc1C(=O)N1CCC(N[C@@H]2CCOC[C@@H]2F)CC1. The van der Waals surface area contributed by atoms with Gasteiger partial charge in [0.15, 0.2) is 0 Å². The molecular formula is C29H39F4N5O4. The van der Waals surface area contributed by atoms with Gasteiger partial charge >= 0.3 is 6.36 Å². The van der Waals surface area contributed by atoms with E-state index >= 15 is 0 Å². The number of carbonyl (C=O) groups is 1. The number of piperidine rings is 1. The predicted octanol–water partition coefficient (Wildman–Crippen LogP) is 4.45. The summed E-state index contributed by atoms with van der Waals surface area (Å²) in [6.07, 6.45) is 5.18. The van der Waals surface area contributed by atoms with Crippen LogP contribution < -0.4 is 10.6 Å². The van der Waals surface area contributed by atoms with Crippen molar-refractivity contribution < 1.29 is 36.6 Å². The number of hydrogen-bond donors (Lipinski definition) is 2. The molecule has 0 radical (unpaired) electrons. The number of carbonyl (C=O) groups excluding carboxylic acids is 1. The second-order valence-corrected chi connectivity index (χ2v) is 11.4. The minimum Gasteiger partial charge on any atom is -0.406 e. The maximum atomic E-state index is 14.1. The number of alkyl halides is 4. The number of anilines is 1. The molecule has 1 amide bonds. The van der Waals surface area contributed by atoms with E-state index in [0.29, 0.717) is 56.2 Å². The lowest BCUT2D eigenvalue weighted by molar-refractivity contribution is -0.303. The summed E-state index contributed by atoms with van der Waals surface area (Å²) >= 11 is 0. The number of ether oxygens (including phenoxy) is 3. The second kappa shape index (κ2) is 13.7. The third kappa shape index (κ3) is 7.99. The minimum atomic E-state index is -4.70. The Balaban J connectivity index is 1.10. The first kappa shape index (κ1) is 30.7. The molecule has 0 aromatic carbocycles. The average molecular weight is 598 g/mol. The molecule has 2 N–H and O–H groups in total. The van der Waals surface area contributed by atoms with Crippen molar-refractivity contribution in [2.24, 2.45) is 5.92 Å². The van der Waals surface area contributed by atoms with E-state index in [0.717, 1.165) is 32.1 Å². The second-order valence-electron chi connectivity index (χ2n) is 11.4. The van der Waals surface area contributed by atoms with Crippen LogP contribution in [0.15, 0.2) is 30.3 Å². The number of nitrogens with zero attached hydrogens (tertiary/aromatic N) is 3. The van der Waals surface area contributed by atoms with Crippen LogP contribution in [-0.2, 0) is 14.2 Å². The van der Waals surface area contributed by atoms with Crippen molar-refractivity contribution in [1.82, 2.24) is 20.2 Å². The van der Waals surface area contributed by atoms with Gasteiger partial charge in [0.25, 0.3) is 5.91 Å². The van der Waals surface area contributed by atoms with Crippen LogP contribution in [0.3, 0.4) is 0 Å². The topological polar surface area (TPSA) is 97.8 Å². The van der Waals surface area contributed by atoms with Crippen LogP contribution in [0.2, 0.25) is 0 Å². The molecule has 13 heteroatoms. The monoisotopic (exact) mass is 597 g/mol. The van der Waals surface area contributed by atoms with E-state index in [1.165, 1.54) is 18.5 Å². The quantitative estimate of drug-likeness (QED) is 0.425. The Morgan fingerprint density at radius 1 is 1.17 bits per heavy atom. The number of hydrogen-bond acceptors (Lipinski definition) is 8. The van der Waals surface area contributed by atoms with E-state index in [1.54, 1.807) is 11.0 Å². The molecule has 4 heterocycles. The Bertz CT molecular complexity index is 1140. The summed E-state index contributed by atoms with van der Waals surface area (Å²) in [4.78, 5) is 23.8. The Morgan fingerprint density at radius 2 is 1.98 bits per heavy atom. The van der Waals surface area contributed by atoms with Crippen LogP contribution in [0.5, 0.6) is 0 Å². The maximum Gasteiger partial charge on any atom is 0.573 e. The zero-order valence-electron chi connectivity index (χ0n) is 23.7. The third-order valence-corrected chi connectivity index (χ3v) is 8.49. The third-order valence-electron chi connectivity index (χ3n) is 8.49. The van der Waals surface area contributed by atoms with Crippen LogP contribution in [0.1, 0.15) is 61.0 Å². The van der Waals surface area contributed by atoms with Gasteiger partial charge in [0.05, 0.1) is 18.8 Å². The Labute approximate surface area is 243 Å². The number of likely N-dealkylation sites (tertiary alicyclic amines) is 1. The van der Waals surface area contributed by atoms with Crippen LogP contribution in [0.4, 0.5) is 23.4 Å². The van der Waals surface area contributed by atoms with Gasteiger partial charge in [-0.05, 0) is 64.0 Å². The van der Waals surface area contributed by atoms with Crippen molar-refractivity contribution in [2.45, 2.75) is 88.7 Å². The van der Waals surface area contributed by atoms with Gasteiger partial charge in [0, 0.05) is 49.8 Å². The number of allylic oxidation sites excluding steroid dienone is 2. The van der Waals surface area contributed by atoms with Gasteiger partial charge in [0.1, 0.15) is 29.8 Å². The van der Waals surface area contributed by atoms with E-state index in [-0.39, 0.29) is 48.5 Å². The highest BCUT2D eigenvalue weighted by Crippen LogP contribution is 2.32. The number of amides is 1. The molecule has 1 aromatic heterocycles. The highest BCUT2D eigenvalue weighted by Gasteiger charge is 2.34. The summed E-state index contributed by atoms with van der Waals surface area (Å²) in [6.45, 7) is 4.12. The molecule has 5 atom stereocenters. The molecule has 42 heavy (non-hydrogen) atoms. The summed E-state index contributed by atoms with van der Waals surface area (Å²) in [6, 6.07) is -0.0392. The normalized spacial score (nSPS) is 29.2. The van der Waals surface area contributed by atoms with Crippen molar-refractivity contribution in [2.75, 3.05) is 38.2 Å². The minimum absolute atomic E-state index is 0.0205. The summed E-state index contributed by atoms with van der Waals surface area (Å²) in [7, 11) is 0. The summed E-state index contributed by atoms with van der Waals surface area (Å²) in [5, 5.41) is 6.73. The standard InChI is InChI=1S/C29H39F4N5O4/c1-18-26(28(39)38-12-9-20(10-13-38)37-24-11-14-40-16-23(24)30)35-17-36-27(18)34-15-22-3-2-4-25(41-22)19-5-7-21(8-6-19)42-29(31,32)33/h5,7-8,17,19-20,22-25,37H,2-4,6,9-16H2,1H3,(H,34,35,36)/t19?,22-,23+,24-,25+/m1/s1. The molecule has 0 spiro atoms. The number of nitrogens with one attached hydrogen (secondary N) is 2. The van der Waals surface area contributed by atoms with E-state index in [9.17, 15) is 22.4 Å². The molecule has 3 aliphatic heterocycles. The smallest absolute Gasteiger partial charge is 0.406 e. The van der Waals surface area contributed by atoms with Gasteiger partial charge in [-0.1, -0.05) is 6.08 Å². The van der Waals surface area contributed by atoms with Crippen molar-refractivity contribution in [3.05, 3.63) is 41.6 Å². The van der Waals surface area contributed by atoms with Crippen molar-refractivity contribution in [3.8, 4) is 0 Å². The Hall–Kier alpha value is -2.77. The van der Waals surface area contributed by atoms with Gasteiger partial charge in [-0.15, -0.1) is 13.2 Å². The number of aromatic nitrogens is 2. The van der Waals surface area contributed by atoms with Crippen LogP contribution in [0.25, 0.3) is 0 Å². The van der Waals surface area contributed by atoms with Crippen LogP contribution in [-0.4, -0.2) is 90.4 Å². The molecule has 1 aliphatic carbocycles. The fourth-order valence-corrected chi connectivity index (χ4v) is 6.14. The summed E-state index contributed by atoms with van der Waals surface area (Å²) in [5.41, 5.74) is 1.01. The molecule has 3 saturated heterocycles. The van der Waals surface area contributed by atoms with E-state index < -0.39 is 12.5 Å². The van der Waals surface area contributed by atoms with E-state index in [2.05, 4.69) is 25.3 Å². The van der Waals surface area contributed by atoms with Gasteiger partial charge in [-0.25, -0.2) is 14.4 Å². The fraction of sp³-hybridized carbons (Fsp3) is 0.690. The van der Waals surface area contributed by atoms with Crippen molar-refractivity contribution >= 4 is 11.7 Å². The largest absolute Gasteiger partial charge is 0.573 e. The van der Waals surface area contributed by atoms with Crippen molar-refractivity contribution in [3.63, 3.8) is 0 Å². The van der Waals surface area contributed by atoms with Crippen LogP contribution >= 0.6 is 0 Å². The molecule has 5 rings (SSSR count). The lowest BCUT2D eigenvalue weighted by Crippen LogP contribution is -2.52. The van der Waals surface area contributed by atoms with E-state index in [4.69, 9.17) is 9.47 Å². The lowest BCUT2D eigenvalue weighted by Gasteiger charge is -2.36. The van der Waals surface area contributed by atoms with Crippen molar-refractivity contribution in [1.29, 1.82) is 0 Å². The molecule has 4 aliphatic rings. The fourth-order valence-electron chi connectivity index (χ4n) is 6.14. The van der Waals surface area contributed by atoms with Gasteiger partial charge in [0.2, 0.25) is 0 Å². The van der Waals surface area contributed by atoms with Gasteiger partial charge in [-0.2, -0.15) is 0 Å². The Kier molecular flexibility index (Phi) is 10.00. The molecule has 1 unspecified atom stereocenters. The first-order valence-electron chi connectivity index (χ1n) is 14.8. The molecular weight excluding hydrogens is 558 g/mol. The molecule has 0 bridgehead atoms. The predicted molar refractivity (Wildman–Crippen MR) is 146 cm³/mol. The highest BCUT2D eigenvalue weighted by atomic mass is 19.4. The summed E-state index contributed by atoms with van der Waals surface area (Å²) < 4.78 is 67.1. The first-order valence-corrected chi connectivity index (χ1v) is 14.8.